The van der Waals surface area contributed by atoms with E-state index in [-0.39, 0.29) is 25.9 Å². The van der Waals surface area contributed by atoms with Crippen LogP contribution in [-0.4, -0.2) is 18.0 Å². The van der Waals surface area contributed by atoms with Gasteiger partial charge in [0.05, 0.1) is 8.07 Å². The molecule has 43 heavy (non-hydrogen) atoms. The van der Waals surface area contributed by atoms with Gasteiger partial charge in [-0.25, -0.2) is 0 Å². The number of pyridine rings is 2. The summed E-state index contributed by atoms with van der Waals surface area (Å²) in [6.45, 7) is 6.86. The van der Waals surface area contributed by atoms with E-state index in [9.17, 15) is 4.39 Å². The van der Waals surface area contributed by atoms with Gasteiger partial charge in [-0.2, -0.15) is 0 Å². The molecule has 0 aliphatic rings. The Hall–Kier alpha value is -4.02. The molecule has 217 valence electrons. The molecule has 0 saturated heterocycles. The van der Waals surface area contributed by atoms with Gasteiger partial charge in [0.25, 0.3) is 0 Å². The molecule has 0 unspecified atom stereocenters. The maximum atomic E-state index is 12.8. The number of nitrogens with zero attached hydrogens (tertiary/aromatic N) is 2. The third kappa shape index (κ3) is 8.74. The van der Waals surface area contributed by atoms with Gasteiger partial charge in [0, 0.05) is 41.1 Å². The maximum absolute atomic E-state index is 12.8. The summed E-state index contributed by atoms with van der Waals surface area (Å²) in [7, 11) is -1.30. The van der Waals surface area contributed by atoms with Crippen molar-refractivity contribution in [3.05, 3.63) is 163 Å². The smallest absolute Gasteiger partial charge is 0.0795 e. The zero-order valence-corrected chi connectivity index (χ0v) is 27.7. The number of hydrogen-bond donors (Lipinski definition) is 0. The number of hydrogen-bond acceptors (Lipinski definition) is 2. The van der Waals surface area contributed by atoms with Crippen LogP contribution in [0, 0.1) is 17.9 Å². The number of halogens is 1. The van der Waals surface area contributed by atoms with Gasteiger partial charge >= 0.3 is 0 Å². The topological polar surface area (TPSA) is 25.8 Å². The van der Waals surface area contributed by atoms with Crippen LogP contribution in [0.25, 0.3) is 33.6 Å². The third-order valence-corrected chi connectivity index (χ3v) is 8.74. The van der Waals surface area contributed by atoms with Gasteiger partial charge < -0.3 is 9.97 Å². The molecule has 2 nitrogen and oxygen atoms in total. The molecule has 0 fully saturated rings. The van der Waals surface area contributed by atoms with Crippen molar-refractivity contribution in [2.24, 2.45) is 0 Å². The van der Waals surface area contributed by atoms with E-state index in [0.29, 0.717) is 11.1 Å². The van der Waals surface area contributed by atoms with Crippen molar-refractivity contribution in [1.82, 2.24) is 9.97 Å². The molecule has 6 aromatic rings. The summed E-state index contributed by atoms with van der Waals surface area (Å²) in [6.07, 6.45) is 2.02. The summed E-state index contributed by atoms with van der Waals surface area (Å²) in [4.78, 5) is 8.82. The molecule has 2 aromatic heterocycles. The Morgan fingerprint density at radius 3 is 2.00 bits per heavy atom. The van der Waals surface area contributed by atoms with Crippen molar-refractivity contribution in [1.29, 1.82) is 0 Å². The van der Waals surface area contributed by atoms with Crippen molar-refractivity contribution in [3.8, 4) is 33.6 Å². The number of rotatable bonds is 6. The van der Waals surface area contributed by atoms with Crippen molar-refractivity contribution in [2.75, 3.05) is 0 Å². The first-order chi connectivity index (χ1) is 21.1. The van der Waals surface area contributed by atoms with Crippen LogP contribution in [0.5, 0.6) is 0 Å². The molecule has 0 spiro atoms. The predicted molar refractivity (Wildman–Crippen MR) is 175 cm³/mol. The van der Waals surface area contributed by atoms with E-state index >= 15 is 0 Å². The fraction of sp³-hybridized carbons (Fsp3) is 0.105. The quantitative estimate of drug-likeness (QED) is 0.125. The average molecular weight is 759 g/mol. The number of benzene rings is 4. The molecule has 0 saturated carbocycles. The predicted octanol–water partition coefficient (Wildman–Crippen LogP) is 9.04. The largest absolute Gasteiger partial charge is 0.305 e. The van der Waals surface area contributed by atoms with Crippen molar-refractivity contribution in [3.63, 3.8) is 0 Å². The standard InChI is InChI=1S/C24H18N.C14H15FNSi.Ir/c1-3-9-19(10-4-1)17-22-18-21(24-13-7-8-16-25-24)14-15-23(22)20-11-5-2-6-12-20;1-17(2,3)13-8-9-14(16-10-13)11-4-6-12(15)7-5-11;/h1-13,15-16,18H,17H2;4,6-10H,1-3H3;/q2*-1;/i17D2;;. The molecule has 6 rings (SSSR count). The summed E-state index contributed by atoms with van der Waals surface area (Å²) in [6, 6.07) is 43.3. The first kappa shape index (κ1) is 29.1. The molecule has 0 N–H and O–H groups in total. The second-order valence-corrected chi connectivity index (χ2v) is 15.9. The fourth-order valence-corrected chi connectivity index (χ4v) is 5.40. The molecular weight excluding hydrogens is 724 g/mol. The second kappa shape index (κ2) is 14.9. The minimum absolute atomic E-state index is 0. The fourth-order valence-electron chi connectivity index (χ4n) is 4.36. The van der Waals surface area contributed by atoms with Gasteiger partial charge in [-0.15, -0.1) is 59.2 Å². The van der Waals surface area contributed by atoms with Gasteiger partial charge in [0.2, 0.25) is 0 Å². The zero-order chi connectivity index (χ0) is 31.2. The van der Waals surface area contributed by atoms with Crippen LogP contribution < -0.4 is 5.19 Å². The Bertz CT molecular complexity index is 1800. The van der Waals surface area contributed by atoms with Crippen LogP contribution in [0.1, 0.15) is 13.9 Å². The van der Waals surface area contributed by atoms with E-state index in [1.165, 1.54) is 17.3 Å². The first-order valence-electron chi connectivity index (χ1n) is 14.9. The third-order valence-electron chi connectivity index (χ3n) is 6.71. The van der Waals surface area contributed by atoms with E-state index in [4.69, 9.17) is 2.74 Å². The van der Waals surface area contributed by atoms with E-state index in [1.807, 2.05) is 103 Å². The van der Waals surface area contributed by atoms with Crippen molar-refractivity contribution < 1.29 is 27.2 Å². The normalized spacial score (nSPS) is 11.7. The van der Waals surface area contributed by atoms with E-state index in [0.717, 1.165) is 33.6 Å². The molecule has 0 amide bonds. The molecule has 5 heteroatoms. The van der Waals surface area contributed by atoms with Crippen LogP contribution in [0.3, 0.4) is 0 Å². The minimum Gasteiger partial charge on any atom is -0.305 e. The summed E-state index contributed by atoms with van der Waals surface area (Å²) < 4.78 is 30.6. The summed E-state index contributed by atoms with van der Waals surface area (Å²) in [5, 5.41) is 1.32. The van der Waals surface area contributed by atoms with Crippen LogP contribution in [0.4, 0.5) is 4.39 Å². The molecular formula is C38H33FIrN2Si-2. The van der Waals surface area contributed by atoms with E-state index in [2.05, 4.69) is 47.8 Å². The molecule has 0 bridgehead atoms. The van der Waals surface area contributed by atoms with E-state index in [1.54, 1.807) is 12.3 Å². The van der Waals surface area contributed by atoms with Gasteiger partial charge in [-0.1, -0.05) is 116 Å². The second-order valence-electron chi connectivity index (χ2n) is 10.8. The van der Waals surface area contributed by atoms with Crippen molar-refractivity contribution >= 4 is 13.3 Å². The van der Waals surface area contributed by atoms with Crippen LogP contribution in [0.2, 0.25) is 19.6 Å². The van der Waals surface area contributed by atoms with Gasteiger partial charge in [0.1, 0.15) is 0 Å². The maximum Gasteiger partial charge on any atom is 0.0795 e. The Labute approximate surface area is 271 Å². The molecule has 0 atom stereocenters. The Balaban J connectivity index is 0.000000222. The number of aromatic nitrogens is 2. The van der Waals surface area contributed by atoms with Gasteiger partial charge in [0.15, 0.2) is 0 Å². The van der Waals surface area contributed by atoms with Gasteiger partial charge in [-0.05, 0) is 34.6 Å². The molecule has 4 aromatic carbocycles. The summed E-state index contributed by atoms with van der Waals surface area (Å²) in [5.41, 5.74) is 6.27. The molecule has 1 radical (unpaired) electrons. The first-order valence-corrected chi connectivity index (χ1v) is 17.4. The Morgan fingerprint density at radius 2 is 1.40 bits per heavy atom. The van der Waals surface area contributed by atoms with Crippen molar-refractivity contribution in [2.45, 2.75) is 26.0 Å². The minimum atomic E-state index is -1.65. The van der Waals surface area contributed by atoms with Gasteiger partial charge in [-0.3, -0.25) is 4.39 Å². The molecule has 2 heterocycles. The molecule has 0 aliphatic heterocycles. The Kier molecular flexibility index (Phi) is 10.1. The van der Waals surface area contributed by atoms with Crippen LogP contribution in [0.15, 0.2) is 134 Å². The zero-order valence-electron chi connectivity index (χ0n) is 26.3. The average Bonchev–Trinajstić information content (AvgIpc) is 3.06. The monoisotopic (exact) mass is 759 g/mol. The van der Waals surface area contributed by atoms with Crippen LogP contribution >= 0.6 is 0 Å². The summed E-state index contributed by atoms with van der Waals surface area (Å²) >= 11 is 0. The van der Waals surface area contributed by atoms with E-state index < -0.39 is 14.4 Å². The van der Waals surface area contributed by atoms with Crippen LogP contribution in [-0.2, 0) is 26.5 Å². The summed E-state index contributed by atoms with van der Waals surface area (Å²) in [5.74, 6) is -0.271. The SMILES string of the molecule is C[Si](C)(C)c1ccc(-c2[c-]cc(F)cc2)nc1.[2H]C([2H])(c1ccccc1)c1cc(-c2ccccn2)[c-]cc1-c1ccccc1.[Ir]. The molecule has 0 aliphatic carbocycles. The Morgan fingerprint density at radius 1 is 0.721 bits per heavy atom.